The number of para-hydroxylation sites is 1. The fourth-order valence-corrected chi connectivity index (χ4v) is 4.37. The Morgan fingerprint density at radius 1 is 1.17 bits per heavy atom. The SMILES string of the molecule is COCc1ccc(C)c(CNC(=O)Nc2c(C)c(OCC3CCN(C)C3)nn2-c2ccccc2)c1.Cl. The Hall–Kier alpha value is -3.07. The molecule has 1 saturated heterocycles. The largest absolute Gasteiger partial charge is 0.476 e. The van der Waals surface area contributed by atoms with Crippen LogP contribution in [0.5, 0.6) is 5.88 Å². The van der Waals surface area contributed by atoms with Gasteiger partial charge in [0.15, 0.2) is 0 Å². The van der Waals surface area contributed by atoms with Gasteiger partial charge in [-0.25, -0.2) is 9.48 Å². The molecule has 1 aromatic heterocycles. The van der Waals surface area contributed by atoms with E-state index in [-0.39, 0.29) is 18.4 Å². The normalized spacial score (nSPS) is 15.4. The second-order valence-electron chi connectivity index (χ2n) is 9.26. The van der Waals surface area contributed by atoms with Crippen molar-refractivity contribution in [2.45, 2.75) is 33.4 Å². The third-order valence-corrected chi connectivity index (χ3v) is 6.42. The number of hydrogen-bond donors (Lipinski definition) is 2. The Balaban J connectivity index is 0.00000361. The second-order valence-corrected chi connectivity index (χ2v) is 9.26. The van der Waals surface area contributed by atoms with E-state index in [4.69, 9.17) is 14.6 Å². The molecule has 3 aromatic rings. The number of nitrogens with one attached hydrogen (secondary N) is 2. The number of nitrogens with zero attached hydrogens (tertiary/aromatic N) is 3. The van der Waals surface area contributed by atoms with Crippen molar-refractivity contribution in [3.05, 3.63) is 70.8 Å². The lowest BCUT2D eigenvalue weighted by atomic mass is 10.1. The number of carbonyl (C=O) groups excluding carboxylic acids is 1. The van der Waals surface area contributed by atoms with Gasteiger partial charge in [0.2, 0.25) is 5.88 Å². The van der Waals surface area contributed by atoms with E-state index in [2.05, 4.69) is 28.6 Å². The highest BCUT2D eigenvalue weighted by molar-refractivity contribution is 5.89. The van der Waals surface area contributed by atoms with Crippen LogP contribution in [-0.4, -0.2) is 54.6 Å². The highest BCUT2D eigenvalue weighted by Gasteiger charge is 2.23. The zero-order valence-electron chi connectivity index (χ0n) is 21.4. The molecular formula is C27H36ClN5O3. The maximum atomic E-state index is 12.9. The highest BCUT2D eigenvalue weighted by atomic mass is 35.5. The molecule has 194 valence electrons. The van der Waals surface area contributed by atoms with Crippen molar-refractivity contribution in [1.82, 2.24) is 20.0 Å². The van der Waals surface area contributed by atoms with Crippen LogP contribution in [0.25, 0.3) is 5.69 Å². The first kappa shape index (κ1) is 27.5. The van der Waals surface area contributed by atoms with Crippen LogP contribution in [0.4, 0.5) is 10.6 Å². The summed E-state index contributed by atoms with van der Waals surface area (Å²) >= 11 is 0. The van der Waals surface area contributed by atoms with E-state index in [0.717, 1.165) is 47.5 Å². The van der Waals surface area contributed by atoms with Crippen LogP contribution in [-0.2, 0) is 17.9 Å². The number of benzene rings is 2. The zero-order chi connectivity index (χ0) is 24.8. The van der Waals surface area contributed by atoms with Crippen molar-refractivity contribution in [2.24, 2.45) is 5.92 Å². The number of aromatic nitrogens is 2. The van der Waals surface area contributed by atoms with Gasteiger partial charge < -0.3 is 19.7 Å². The van der Waals surface area contributed by atoms with Crippen molar-refractivity contribution in [3.8, 4) is 11.6 Å². The Bertz CT molecular complexity index is 1150. The van der Waals surface area contributed by atoms with Gasteiger partial charge in [0.25, 0.3) is 0 Å². The van der Waals surface area contributed by atoms with E-state index in [1.807, 2.05) is 56.3 Å². The van der Waals surface area contributed by atoms with Gasteiger partial charge in [0, 0.05) is 26.1 Å². The fourth-order valence-electron chi connectivity index (χ4n) is 4.37. The van der Waals surface area contributed by atoms with Crippen LogP contribution in [0.2, 0.25) is 0 Å². The minimum Gasteiger partial charge on any atom is -0.476 e. The molecule has 1 atom stereocenters. The number of carbonyl (C=O) groups is 1. The molecule has 4 rings (SSSR count). The maximum absolute atomic E-state index is 12.9. The lowest BCUT2D eigenvalue weighted by Gasteiger charge is -2.13. The van der Waals surface area contributed by atoms with Gasteiger partial charge in [0.05, 0.1) is 24.5 Å². The number of halogens is 1. The predicted octanol–water partition coefficient (Wildman–Crippen LogP) is 4.71. The minimum atomic E-state index is -0.300. The molecular weight excluding hydrogens is 478 g/mol. The first-order chi connectivity index (χ1) is 16.9. The van der Waals surface area contributed by atoms with Crippen molar-refractivity contribution in [3.63, 3.8) is 0 Å². The first-order valence-corrected chi connectivity index (χ1v) is 12.0. The van der Waals surface area contributed by atoms with Crippen molar-refractivity contribution >= 4 is 24.3 Å². The third kappa shape index (κ3) is 6.78. The first-order valence-electron chi connectivity index (χ1n) is 12.0. The Morgan fingerprint density at radius 2 is 1.94 bits per heavy atom. The summed E-state index contributed by atoms with van der Waals surface area (Å²) in [5.41, 5.74) is 4.89. The summed E-state index contributed by atoms with van der Waals surface area (Å²) in [6.45, 7) is 7.63. The summed E-state index contributed by atoms with van der Waals surface area (Å²) in [5.74, 6) is 1.62. The molecule has 1 unspecified atom stereocenters. The van der Waals surface area contributed by atoms with E-state index in [1.54, 1.807) is 11.8 Å². The fraction of sp³-hybridized carbons (Fsp3) is 0.407. The van der Waals surface area contributed by atoms with Crippen molar-refractivity contribution < 1.29 is 14.3 Å². The van der Waals surface area contributed by atoms with Crippen molar-refractivity contribution in [1.29, 1.82) is 0 Å². The molecule has 0 saturated carbocycles. The summed E-state index contributed by atoms with van der Waals surface area (Å²) in [7, 11) is 3.80. The summed E-state index contributed by atoms with van der Waals surface area (Å²) in [6.07, 6.45) is 1.12. The molecule has 2 amide bonds. The molecule has 2 N–H and O–H groups in total. The van der Waals surface area contributed by atoms with Crippen LogP contribution in [0.1, 0.15) is 28.7 Å². The zero-order valence-corrected chi connectivity index (χ0v) is 22.2. The Labute approximate surface area is 219 Å². The molecule has 36 heavy (non-hydrogen) atoms. The number of ether oxygens (including phenoxy) is 2. The Morgan fingerprint density at radius 3 is 2.64 bits per heavy atom. The highest BCUT2D eigenvalue weighted by Crippen LogP contribution is 2.29. The predicted molar refractivity (Wildman–Crippen MR) is 144 cm³/mol. The van der Waals surface area contributed by atoms with Gasteiger partial charge in [0.1, 0.15) is 5.82 Å². The number of rotatable bonds is 9. The molecule has 9 heteroatoms. The lowest BCUT2D eigenvalue weighted by molar-refractivity contribution is 0.185. The topological polar surface area (TPSA) is 80.7 Å². The number of methoxy groups -OCH3 is 1. The summed E-state index contributed by atoms with van der Waals surface area (Å²) < 4.78 is 13.1. The van der Waals surface area contributed by atoms with Gasteiger partial charge in [-0.3, -0.25) is 5.32 Å². The van der Waals surface area contributed by atoms with Gasteiger partial charge in [-0.15, -0.1) is 17.5 Å². The number of aryl methyl sites for hydroxylation is 1. The molecule has 1 fully saturated rings. The Kier molecular flexibility index (Phi) is 9.75. The molecule has 2 aromatic carbocycles. The molecule has 2 heterocycles. The van der Waals surface area contributed by atoms with E-state index in [0.29, 0.717) is 37.4 Å². The van der Waals surface area contributed by atoms with Gasteiger partial charge in [-0.1, -0.05) is 36.4 Å². The molecule has 0 aliphatic carbocycles. The monoisotopic (exact) mass is 513 g/mol. The number of anilines is 1. The second kappa shape index (κ2) is 12.8. The van der Waals surface area contributed by atoms with E-state index < -0.39 is 0 Å². The molecule has 1 aliphatic heterocycles. The van der Waals surface area contributed by atoms with Crippen LogP contribution in [0.3, 0.4) is 0 Å². The molecule has 0 bridgehead atoms. The van der Waals surface area contributed by atoms with Crippen LogP contribution in [0, 0.1) is 19.8 Å². The smallest absolute Gasteiger partial charge is 0.320 e. The van der Waals surface area contributed by atoms with Gasteiger partial charge in [-0.05, 0) is 62.7 Å². The van der Waals surface area contributed by atoms with E-state index in [1.165, 1.54) is 0 Å². The quantitative estimate of drug-likeness (QED) is 0.433. The number of hydrogen-bond acceptors (Lipinski definition) is 5. The maximum Gasteiger partial charge on any atom is 0.320 e. The number of likely N-dealkylation sites (tertiary alicyclic amines) is 1. The van der Waals surface area contributed by atoms with Crippen LogP contribution < -0.4 is 15.4 Å². The average molecular weight is 514 g/mol. The van der Waals surface area contributed by atoms with Crippen LogP contribution >= 0.6 is 12.4 Å². The molecule has 8 nitrogen and oxygen atoms in total. The minimum absolute atomic E-state index is 0. The number of amides is 2. The standard InChI is InChI=1S/C27H35N5O3.ClH/c1-19-10-11-21(17-34-4)14-23(19)15-28-27(33)29-25-20(2)26(35-18-22-12-13-31(3)16-22)30-32(25)24-8-6-5-7-9-24;/h5-11,14,22H,12-13,15-18H2,1-4H3,(H2,28,29,33);1H. The van der Waals surface area contributed by atoms with Crippen molar-refractivity contribution in [2.75, 3.05) is 39.2 Å². The summed E-state index contributed by atoms with van der Waals surface area (Å²) in [5, 5.41) is 10.7. The van der Waals surface area contributed by atoms with E-state index in [9.17, 15) is 4.79 Å². The molecule has 0 spiro atoms. The lowest BCUT2D eigenvalue weighted by Crippen LogP contribution is -2.29. The number of urea groups is 1. The van der Waals surface area contributed by atoms with Gasteiger partial charge in [-0.2, -0.15) is 0 Å². The van der Waals surface area contributed by atoms with Gasteiger partial charge >= 0.3 is 6.03 Å². The third-order valence-electron chi connectivity index (χ3n) is 6.42. The summed E-state index contributed by atoms with van der Waals surface area (Å²) in [4.78, 5) is 15.2. The molecule has 1 aliphatic rings. The molecule has 0 radical (unpaired) electrons. The summed E-state index contributed by atoms with van der Waals surface area (Å²) in [6, 6.07) is 15.6. The van der Waals surface area contributed by atoms with E-state index >= 15 is 0 Å². The average Bonchev–Trinajstić information content (AvgIpc) is 3.41. The van der Waals surface area contributed by atoms with Crippen LogP contribution in [0.15, 0.2) is 48.5 Å².